The number of benzene rings is 2. The molecule has 0 aliphatic heterocycles. The van der Waals surface area contributed by atoms with E-state index in [0.717, 1.165) is 45.2 Å². The number of urea groups is 1. The van der Waals surface area contributed by atoms with Gasteiger partial charge in [-0.05, 0) is 63.0 Å². The van der Waals surface area contributed by atoms with Crippen molar-refractivity contribution >= 4 is 97.5 Å². The van der Waals surface area contributed by atoms with Crippen molar-refractivity contribution in [2.24, 2.45) is 19.1 Å². The highest BCUT2D eigenvalue weighted by molar-refractivity contribution is 7.22. The maximum absolute atomic E-state index is 13.9. The fourth-order valence-corrected chi connectivity index (χ4v) is 10.4. The third-order valence-corrected chi connectivity index (χ3v) is 13.9. The molecule has 0 unspecified atom stereocenters. The highest BCUT2D eigenvalue weighted by Crippen LogP contribution is 2.41. The molecule has 8 rings (SSSR count). The zero-order valence-corrected chi connectivity index (χ0v) is 40.8. The second-order valence-corrected chi connectivity index (χ2v) is 18.2. The van der Waals surface area contributed by atoms with Crippen molar-refractivity contribution in [1.29, 1.82) is 10.5 Å². The Morgan fingerprint density at radius 3 is 2.31 bits per heavy atom. The van der Waals surface area contributed by atoms with E-state index in [1.807, 2.05) is 37.6 Å². The number of nitriles is 2. The van der Waals surface area contributed by atoms with Crippen LogP contribution in [0.25, 0.3) is 53.5 Å². The van der Waals surface area contributed by atoms with Crippen molar-refractivity contribution < 1.29 is 22.8 Å². The molecule has 6 heterocycles. The zero-order chi connectivity index (χ0) is 50.7. The molecule has 0 radical (unpaired) electrons. The molecule has 0 atom stereocenters. The largest absolute Gasteiger partial charge is 0.336 e. The van der Waals surface area contributed by atoms with Crippen molar-refractivity contribution in [3.8, 4) is 38.7 Å². The number of rotatable bonds is 12. The number of amides is 2. The first-order valence-electron chi connectivity index (χ1n) is 20.7. The summed E-state index contributed by atoms with van der Waals surface area (Å²) in [6, 6.07) is 12.5. The minimum Gasteiger partial charge on any atom is -0.332 e. The van der Waals surface area contributed by atoms with Crippen molar-refractivity contribution in [2.75, 3.05) is 18.5 Å². The summed E-state index contributed by atoms with van der Waals surface area (Å²) < 4.78 is 47.1. The molecular weight excluding hydrogens is 989 g/mol. The van der Waals surface area contributed by atoms with Gasteiger partial charge in [0.25, 0.3) is 5.56 Å². The molecule has 0 spiro atoms. The molecule has 23 heteroatoms. The molecule has 70 heavy (non-hydrogen) atoms. The van der Waals surface area contributed by atoms with Crippen LogP contribution in [0, 0.1) is 54.0 Å². The number of thiophene rings is 2. The fourth-order valence-electron chi connectivity index (χ4n) is 7.64. The molecule has 2 amide bonds. The lowest BCUT2D eigenvalue weighted by Crippen LogP contribution is -2.41. The van der Waals surface area contributed by atoms with E-state index in [1.54, 1.807) is 31.1 Å². The number of hydrogen-bond donors (Lipinski definition) is 0. The number of pyridine rings is 1. The van der Waals surface area contributed by atoms with Crippen molar-refractivity contribution in [3.05, 3.63) is 138 Å². The number of fused-ring (bicyclic) bond motifs is 2. The minimum absolute atomic E-state index is 0.0124. The summed E-state index contributed by atoms with van der Waals surface area (Å²) in [7, 11) is 5.13. The van der Waals surface area contributed by atoms with E-state index in [0.29, 0.717) is 55.4 Å². The second-order valence-electron chi connectivity index (χ2n) is 15.3. The van der Waals surface area contributed by atoms with Crippen LogP contribution >= 0.6 is 45.9 Å². The number of hydrogen-bond acceptors (Lipinski definition) is 12. The third-order valence-electron chi connectivity index (χ3n) is 11.0. The van der Waals surface area contributed by atoms with E-state index in [1.165, 1.54) is 57.2 Å². The van der Waals surface area contributed by atoms with Gasteiger partial charge in [0.15, 0.2) is 17.9 Å². The molecule has 0 aliphatic rings. The first kappa shape index (κ1) is 50.2. The van der Waals surface area contributed by atoms with Crippen LogP contribution in [0.4, 0.5) is 23.7 Å². The molecular formula is C47H37Cl2F3N12O4S2. The van der Waals surface area contributed by atoms with Gasteiger partial charge in [-0.2, -0.15) is 10.5 Å². The van der Waals surface area contributed by atoms with Gasteiger partial charge < -0.3 is 9.13 Å². The standard InChI is InChI=1S/C25H24ClFN6O2S.C22H13ClF2N6O2S/c1-15-24(31(4)16(2)30-15)21(13-29-3)32(5)25(35)33(10-6-9-28)20-12-22(36-23(20)14-34)18-8-7-17(27)11-19(18)26;1-29-10-28-15-8-27-9-17(19(15)29)31-21(32)20-16(30(22(31)33)4-2-3-26)7-18(34-20)11-5-13(24)14(25)6-12(11)23/h7-8,11-14H,3,6,10H2,1-2,4-5H3;5-10H,2,4H2,1H3/b21-13+;. The number of aryl methyl sites for hydroxylation is 4. The van der Waals surface area contributed by atoms with E-state index >= 15 is 0 Å². The predicted molar refractivity (Wildman–Crippen MR) is 265 cm³/mol. The lowest BCUT2D eigenvalue weighted by molar-refractivity contribution is 0.112. The maximum Gasteiger partial charge on any atom is 0.336 e. The van der Waals surface area contributed by atoms with E-state index in [4.69, 9.17) is 28.5 Å². The molecule has 0 aliphatic carbocycles. The molecule has 356 valence electrons. The predicted octanol–water partition coefficient (Wildman–Crippen LogP) is 9.85. The Morgan fingerprint density at radius 1 is 0.957 bits per heavy atom. The average Bonchev–Trinajstić information content (AvgIpc) is 4.12. The van der Waals surface area contributed by atoms with Crippen LogP contribution in [-0.4, -0.2) is 70.7 Å². The third kappa shape index (κ3) is 9.52. The normalized spacial score (nSPS) is 11.3. The van der Waals surface area contributed by atoms with Gasteiger partial charge in [0.05, 0.1) is 104 Å². The first-order valence-corrected chi connectivity index (χ1v) is 23.0. The van der Waals surface area contributed by atoms with Crippen molar-refractivity contribution in [2.45, 2.75) is 33.2 Å². The molecule has 16 nitrogen and oxygen atoms in total. The Hall–Kier alpha value is -7.69. The highest BCUT2D eigenvalue weighted by atomic mass is 35.5. The number of carbonyl (C=O) groups is 2. The van der Waals surface area contributed by atoms with Crippen LogP contribution < -0.4 is 16.1 Å². The lowest BCUT2D eigenvalue weighted by atomic mass is 10.1. The average molecular weight is 1030 g/mol. The number of nitrogens with zero attached hydrogens (tertiary/aromatic N) is 12. The van der Waals surface area contributed by atoms with Crippen LogP contribution in [0.3, 0.4) is 0 Å². The van der Waals surface area contributed by atoms with Gasteiger partial charge in [0.2, 0.25) is 0 Å². The van der Waals surface area contributed by atoms with E-state index < -0.39 is 34.7 Å². The van der Waals surface area contributed by atoms with Gasteiger partial charge in [0.1, 0.15) is 21.9 Å². The monoisotopic (exact) mass is 1020 g/mol. The number of anilines is 1. The fraction of sp³-hybridized carbons (Fsp3) is 0.191. The Bertz CT molecular complexity index is 3650. The number of imidazole rings is 2. The summed E-state index contributed by atoms with van der Waals surface area (Å²) in [6.45, 7) is 7.25. The smallest absolute Gasteiger partial charge is 0.332 e. The van der Waals surface area contributed by atoms with Crippen LogP contribution in [0.15, 0.2) is 82.0 Å². The summed E-state index contributed by atoms with van der Waals surface area (Å²) in [5, 5.41) is 18.5. The molecule has 0 N–H and O–H groups in total. The molecule has 0 bridgehead atoms. The van der Waals surface area contributed by atoms with Gasteiger partial charge in [-0.25, -0.2) is 37.3 Å². The van der Waals surface area contributed by atoms with Gasteiger partial charge >= 0.3 is 11.7 Å². The van der Waals surface area contributed by atoms with Gasteiger partial charge in [0, 0.05) is 55.1 Å². The zero-order valence-electron chi connectivity index (χ0n) is 37.7. The quantitative estimate of drug-likeness (QED) is 0.0651. The van der Waals surface area contributed by atoms with Gasteiger partial charge in [-0.3, -0.25) is 33.9 Å². The Kier molecular flexibility index (Phi) is 15.0. The second kappa shape index (κ2) is 20.9. The number of aldehydes is 1. The van der Waals surface area contributed by atoms with Crippen molar-refractivity contribution in [1.82, 2.24) is 38.1 Å². The van der Waals surface area contributed by atoms with Crippen LogP contribution in [0.1, 0.15) is 39.7 Å². The molecule has 0 saturated carbocycles. The van der Waals surface area contributed by atoms with E-state index in [9.17, 15) is 37.6 Å². The summed E-state index contributed by atoms with van der Waals surface area (Å²) in [4.78, 5) is 73.5. The topological polar surface area (TPSA) is 193 Å². The number of aliphatic imine (C=N–C) groups is 1. The van der Waals surface area contributed by atoms with Crippen molar-refractivity contribution in [3.63, 3.8) is 0 Å². The Labute approximate surface area is 414 Å². The SMILES string of the molecule is C=N/C=C(\c1c(C)nc(C)n1C)N(C)C(=O)N(CCC#N)c1cc(-c2ccc(F)cc2Cl)sc1C=O.Cn1cnc2cncc(-n3c(=O)c4sc(-c5cc(F)c(F)cc5Cl)cc4n(CCC#N)c3=O)c21. The minimum atomic E-state index is -1.10. The number of halogens is 5. The summed E-state index contributed by atoms with van der Waals surface area (Å²) in [6.07, 6.45) is 6.61. The molecule has 2 aromatic carbocycles. The van der Waals surface area contributed by atoms with E-state index in [-0.39, 0.29) is 62.3 Å². The number of aromatic nitrogens is 7. The first-order chi connectivity index (χ1) is 33.4. The Morgan fingerprint density at radius 2 is 1.66 bits per heavy atom. The van der Waals surface area contributed by atoms with Crippen LogP contribution in [0.2, 0.25) is 10.0 Å². The van der Waals surface area contributed by atoms with Crippen LogP contribution in [0.5, 0.6) is 0 Å². The van der Waals surface area contributed by atoms with E-state index in [2.05, 4.69) is 26.7 Å². The summed E-state index contributed by atoms with van der Waals surface area (Å²) >= 11 is 14.5. The lowest BCUT2D eigenvalue weighted by Gasteiger charge is -2.29. The van der Waals surface area contributed by atoms with Gasteiger partial charge in [-0.1, -0.05) is 23.2 Å². The molecule has 0 fully saturated rings. The number of carbonyl (C=O) groups excluding carboxylic acids is 2. The molecule has 6 aromatic heterocycles. The van der Waals surface area contributed by atoms with Gasteiger partial charge in [-0.15, -0.1) is 22.7 Å². The summed E-state index contributed by atoms with van der Waals surface area (Å²) in [5.74, 6) is -1.93. The maximum atomic E-state index is 13.9. The Balaban J connectivity index is 0.000000206. The highest BCUT2D eigenvalue weighted by Gasteiger charge is 2.29. The van der Waals surface area contributed by atoms with Crippen LogP contribution in [-0.2, 0) is 20.6 Å². The molecule has 0 saturated heterocycles. The molecule has 8 aromatic rings. The summed E-state index contributed by atoms with van der Waals surface area (Å²) in [5.41, 5.74) is 3.11.